The number of amides is 2. The molecule has 1 aliphatic heterocycles. The van der Waals surface area contributed by atoms with E-state index in [0.29, 0.717) is 6.42 Å². The van der Waals surface area contributed by atoms with E-state index in [2.05, 4.69) is 5.32 Å². The average Bonchev–Trinajstić information content (AvgIpc) is 2.27. The van der Waals surface area contributed by atoms with Crippen molar-refractivity contribution in [2.45, 2.75) is 33.1 Å². The smallest absolute Gasteiger partial charge is 0.244 e. The van der Waals surface area contributed by atoms with Crippen molar-refractivity contribution < 1.29 is 9.59 Å². The van der Waals surface area contributed by atoms with E-state index in [9.17, 15) is 9.59 Å². The molecular formula is C12H15N3O2. The molecule has 0 aliphatic carbocycles. The molecule has 0 saturated carbocycles. The van der Waals surface area contributed by atoms with Gasteiger partial charge in [-0.25, -0.2) is 0 Å². The number of rotatable bonds is 3. The van der Waals surface area contributed by atoms with Crippen LogP contribution in [0.25, 0.3) is 0 Å². The number of nitrogens with zero attached hydrogens (tertiary/aromatic N) is 2. The summed E-state index contributed by atoms with van der Waals surface area (Å²) in [6.45, 7) is 3.66. The van der Waals surface area contributed by atoms with E-state index in [1.807, 2.05) is 19.1 Å². The molecule has 2 atom stereocenters. The van der Waals surface area contributed by atoms with Crippen LogP contribution in [0, 0.1) is 39.9 Å². The number of nitriles is 2. The highest BCUT2D eigenvalue weighted by Gasteiger charge is 2.52. The fourth-order valence-electron chi connectivity index (χ4n) is 2.29. The molecule has 2 unspecified atom stereocenters. The molecule has 1 rings (SSSR count). The highest BCUT2D eigenvalue weighted by Crippen LogP contribution is 2.43. The van der Waals surface area contributed by atoms with Crippen molar-refractivity contribution in [1.82, 2.24) is 5.32 Å². The van der Waals surface area contributed by atoms with Crippen molar-refractivity contribution in [2.75, 3.05) is 0 Å². The van der Waals surface area contributed by atoms with E-state index in [4.69, 9.17) is 10.5 Å². The predicted octanol–water partition coefficient (Wildman–Crippen LogP) is 1.12. The molecule has 0 spiro atoms. The van der Waals surface area contributed by atoms with Gasteiger partial charge in [0, 0.05) is 5.41 Å². The third-order valence-electron chi connectivity index (χ3n) is 3.42. The number of hydrogen-bond acceptors (Lipinski definition) is 4. The Bertz CT molecular complexity index is 384. The molecule has 5 heteroatoms. The summed E-state index contributed by atoms with van der Waals surface area (Å²) in [5, 5.41) is 20.2. The lowest BCUT2D eigenvalue weighted by molar-refractivity contribution is -0.144. The van der Waals surface area contributed by atoms with E-state index in [1.54, 1.807) is 6.92 Å². The van der Waals surface area contributed by atoms with Crippen LogP contribution in [0.4, 0.5) is 0 Å². The van der Waals surface area contributed by atoms with Crippen LogP contribution in [0.15, 0.2) is 0 Å². The second-order valence-corrected chi connectivity index (χ2v) is 4.59. The van der Waals surface area contributed by atoms with Crippen molar-refractivity contribution in [3.05, 3.63) is 0 Å². The number of carbonyl (C=O) groups excluding carboxylic acids is 2. The maximum Gasteiger partial charge on any atom is 0.244 e. The minimum Gasteiger partial charge on any atom is -0.294 e. The molecule has 1 fully saturated rings. The van der Waals surface area contributed by atoms with Gasteiger partial charge in [-0.3, -0.25) is 14.9 Å². The van der Waals surface area contributed by atoms with Crippen LogP contribution in [0.1, 0.15) is 33.1 Å². The van der Waals surface area contributed by atoms with E-state index >= 15 is 0 Å². The van der Waals surface area contributed by atoms with Crippen LogP contribution < -0.4 is 5.32 Å². The molecule has 0 aromatic rings. The second-order valence-electron chi connectivity index (χ2n) is 4.59. The molecule has 1 heterocycles. The Hall–Kier alpha value is -1.88. The molecule has 5 nitrogen and oxygen atoms in total. The highest BCUT2D eigenvalue weighted by atomic mass is 16.2. The van der Waals surface area contributed by atoms with Crippen molar-refractivity contribution in [2.24, 2.45) is 17.3 Å². The van der Waals surface area contributed by atoms with E-state index in [-0.39, 0.29) is 0 Å². The number of imide groups is 1. The summed E-state index contributed by atoms with van der Waals surface area (Å²) in [5.74, 6) is -3.03. The highest BCUT2D eigenvalue weighted by molar-refractivity contribution is 6.03. The quantitative estimate of drug-likeness (QED) is 0.739. The molecule has 0 aromatic heterocycles. The molecule has 1 N–H and O–H groups in total. The first-order valence-electron chi connectivity index (χ1n) is 5.65. The lowest BCUT2D eigenvalue weighted by atomic mass is 9.63. The Morgan fingerprint density at radius 3 is 2.06 bits per heavy atom. The zero-order valence-electron chi connectivity index (χ0n) is 9.99. The SMILES string of the molecule is CCCCC1(C)C(C#N)C(=O)NC(=O)C1C#N. The zero-order valence-corrected chi connectivity index (χ0v) is 9.99. The number of nitrogens with one attached hydrogen (secondary N) is 1. The van der Waals surface area contributed by atoms with Gasteiger partial charge in [-0.15, -0.1) is 0 Å². The monoisotopic (exact) mass is 233 g/mol. The molecule has 17 heavy (non-hydrogen) atoms. The van der Waals surface area contributed by atoms with E-state index < -0.39 is 29.1 Å². The fraction of sp³-hybridized carbons (Fsp3) is 0.667. The zero-order chi connectivity index (χ0) is 13.1. The largest absolute Gasteiger partial charge is 0.294 e. The van der Waals surface area contributed by atoms with E-state index in [0.717, 1.165) is 12.8 Å². The van der Waals surface area contributed by atoms with Gasteiger partial charge in [-0.1, -0.05) is 26.7 Å². The summed E-state index contributed by atoms with van der Waals surface area (Å²) in [4.78, 5) is 23.2. The topological polar surface area (TPSA) is 93.8 Å². The first-order valence-corrected chi connectivity index (χ1v) is 5.65. The molecule has 2 amide bonds. The van der Waals surface area contributed by atoms with Crippen molar-refractivity contribution in [3.63, 3.8) is 0 Å². The van der Waals surface area contributed by atoms with Gasteiger partial charge in [0.15, 0.2) is 0 Å². The third-order valence-corrected chi connectivity index (χ3v) is 3.42. The average molecular weight is 233 g/mol. The van der Waals surface area contributed by atoms with Crippen LogP contribution in [0.3, 0.4) is 0 Å². The second kappa shape index (κ2) is 4.97. The van der Waals surface area contributed by atoms with Gasteiger partial charge >= 0.3 is 0 Å². The van der Waals surface area contributed by atoms with Gasteiger partial charge in [0.2, 0.25) is 11.8 Å². The van der Waals surface area contributed by atoms with Crippen LogP contribution in [0.5, 0.6) is 0 Å². The molecule has 1 saturated heterocycles. The third kappa shape index (κ3) is 2.14. The lowest BCUT2D eigenvalue weighted by Crippen LogP contribution is -2.56. The van der Waals surface area contributed by atoms with Gasteiger partial charge in [-0.05, 0) is 6.42 Å². The minimum atomic E-state index is -0.934. The Kier molecular flexibility index (Phi) is 3.85. The van der Waals surface area contributed by atoms with Crippen molar-refractivity contribution in [1.29, 1.82) is 10.5 Å². The number of piperidine rings is 1. The Labute approximate surface area is 100 Å². The summed E-state index contributed by atoms with van der Waals surface area (Å²) in [5.41, 5.74) is -0.876. The molecule has 1 aliphatic rings. The first-order chi connectivity index (χ1) is 8.01. The summed E-state index contributed by atoms with van der Waals surface area (Å²) in [6.07, 6.45) is 2.20. The van der Waals surface area contributed by atoms with Gasteiger partial charge in [0.25, 0.3) is 0 Å². The number of unbranched alkanes of at least 4 members (excludes halogenated alkanes) is 1. The molecule has 0 aromatic carbocycles. The Morgan fingerprint density at radius 1 is 1.24 bits per heavy atom. The summed E-state index contributed by atoms with van der Waals surface area (Å²) >= 11 is 0. The number of hydrogen-bond donors (Lipinski definition) is 1. The Balaban J connectivity index is 3.14. The van der Waals surface area contributed by atoms with Crippen molar-refractivity contribution in [3.8, 4) is 12.1 Å². The van der Waals surface area contributed by atoms with Crippen LogP contribution >= 0.6 is 0 Å². The fourth-order valence-corrected chi connectivity index (χ4v) is 2.29. The molecular weight excluding hydrogens is 218 g/mol. The van der Waals surface area contributed by atoms with Gasteiger partial charge in [0.1, 0.15) is 11.8 Å². The summed E-state index contributed by atoms with van der Waals surface area (Å²) in [6, 6.07) is 3.85. The lowest BCUT2D eigenvalue weighted by Gasteiger charge is -2.39. The predicted molar refractivity (Wildman–Crippen MR) is 59.0 cm³/mol. The molecule has 0 bridgehead atoms. The Morgan fingerprint density at radius 2 is 1.71 bits per heavy atom. The van der Waals surface area contributed by atoms with Crippen LogP contribution in [0.2, 0.25) is 0 Å². The molecule has 0 radical (unpaired) electrons. The molecule has 90 valence electrons. The van der Waals surface area contributed by atoms with Crippen LogP contribution in [-0.2, 0) is 9.59 Å². The summed E-state index contributed by atoms with van der Waals surface area (Å²) < 4.78 is 0. The minimum absolute atomic E-state index is 0.527. The maximum atomic E-state index is 11.6. The van der Waals surface area contributed by atoms with Crippen LogP contribution in [-0.4, -0.2) is 11.8 Å². The number of carbonyl (C=O) groups is 2. The van der Waals surface area contributed by atoms with E-state index in [1.165, 1.54) is 0 Å². The standard InChI is InChI=1S/C12H15N3O2/c1-3-4-5-12(2)8(6-13)10(16)15-11(17)9(12)7-14/h8-9H,3-5H2,1-2H3,(H,15,16,17). The normalized spacial score (nSPS) is 32.5. The first kappa shape index (κ1) is 13.2. The summed E-state index contributed by atoms with van der Waals surface area (Å²) in [7, 11) is 0. The van der Waals surface area contributed by atoms with Gasteiger partial charge in [-0.2, -0.15) is 10.5 Å². The van der Waals surface area contributed by atoms with Crippen molar-refractivity contribution >= 4 is 11.8 Å². The van der Waals surface area contributed by atoms with Gasteiger partial charge < -0.3 is 0 Å². The maximum absolute atomic E-state index is 11.6. The van der Waals surface area contributed by atoms with Gasteiger partial charge in [0.05, 0.1) is 12.1 Å².